The van der Waals surface area contributed by atoms with Crippen molar-refractivity contribution in [2.45, 2.75) is 19.3 Å². The smallest absolute Gasteiger partial charge is 0.244 e. The Balaban J connectivity index is 1.46. The van der Waals surface area contributed by atoms with Crippen LogP contribution in [0.4, 0.5) is 5.13 Å². The average molecular weight is 336 g/mol. The lowest BCUT2D eigenvalue weighted by molar-refractivity contribution is -0.130. The third-order valence-corrected chi connectivity index (χ3v) is 5.21. The summed E-state index contributed by atoms with van der Waals surface area (Å²) in [4.78, 5) is 27.0. The van der Waals surface area contributed by atoms with E-state index in [-0.39, 0.29) is 12.5 Å². The maximum atomic E-state index is 12.1. The summed E-state index contributed by atoms with van der Waals surface area (Å²) >= 11 is 1.65. The first-order valence-electron chi connectivity index (χ1n) is 8.21. The fourth-order valence-corrected chi connectivity index (χ4v) is 3.69. The van der Waals surface area contributed by atoms with E-state index in [4.69, 9.17) is 5.73 Å². The standard InChI is InChI=1S/C15H24N6OS/c16-14(18-12-13(22)19-5-2-1-3-6-19)20-7-9-21(10-8-20)15-17-4-11-23-15/h4,11H,1-3,5-10,12H2,(H2,16,18). The van der Waals surface area contributed by atoms with Crippen molar-refractivity contribution < 1.29 is 4.79 Å². The molecule has 0 spiro atoms. The number of amides is 1. The topological polar surface area (TPSA) is 78.1 Å². The number of anilines is 1. The van der Waals surface area contributed by atoms with Crippen molar-refractivity contribution >= 4 is 28.3 Å². The Morgan fingerprint density at radius 3 is 2.52 bits per heavy atom. The molecule has 2 saturated heterocycles. The Morgan fingerprint density at radius 2 is 1.87 bits per heavy atom. The van der Waals surface area contributed by atoms with Gasteiger partial charge in [0.1, 0.15) is 6.54 Å². The molecular formula is C15H24N6OS. The molecule has 0 saturated carbocycles. The van der Waals surface area contributed by atoms with Crippen molar-refractivity contribution in [1.82, 2.24) is 14.8 Å². The molecule has 0 aromatic carbocycles. The van der Waals surface area contributed by atoms with Gasteiger partial charge in [-0.15, -0.1) is 11.3 Å². The quantitative estimate of drug-likeness (QED) is 0.646. The van der Waals surface area contributed by atoms with Gasteiger partial charge in [-0.2, -0.15) is 0 Å². The number of nitrogens with two attached hydrogens (primary N) is 1. The second-order valence-electron chi connectivity index (χ2n) is 5.90. The highest BCUT2D eigenvalue weighted by atomic mass is 32.1. The zero-order valence-electron chi connectivity index (χ0n) is 13.4. The second kappa shape index (κ2) is 7.63. The molecule has 1 aromatic rings. The van der Waals surface area contributed by atoms with Gasteiger partial charge in [-0.1, -0.05) is 0 Å². The summed E-state index contributed by atoms with van der Waals surface area (Å²) < 4.78 is 0. The first kappa shape index (κ1) is 16.0. The van der Waals surface area contributed by atoms with Gasteiger partial charge in [0.15, 0.2) is 11.1 Å². The van der Waals surface area contributed by atoms with Crippen LogP contribution in [0.1, 0.15) is 19.3 Å². The Morgan fingerprint density at radius 1 is 1.13 bits per heavy atom. The van der Waals surface area contributed by atoms with Crippen LogP contribution < -0.4 is 10.6 Å². The van der Waals surface area contributed by atoms with Crippen LogP contribution in [0.2, 0.25) is 0 Å². The van der Waals surface area contributed by atoms with Crippen LogP contribution in [-0.4, -0.2) is 72.5 Å². The second-order valence-corrected chi connectivity index (χ2v) is 6.78. The molecule has 2 fully saturated rings. The first-order chi connectivity index (χ1) is 11.2. The predicted molar refractivity (Wildman–Crippen MR) is 92.8 cm³/mol. The number of likely N-dealkylation sites (tertiary alicyclic amines) is 1. The Kier molecular flexibility index (Phi) is 5.32. The number of nitrogens with zero attached hydrogens (tertiary/aromatic N) is 5. The molecule has 0 radical (unpaired) electrons. The predicted octanol–water partition coefficient (Wildman–Crippen LogP) is 0.592. The molecule has 8 heteroatoms. The lowest BCUT2D eigenvalue weighted by Crippen LogP contribution is -2.51. The van der Waals surface area contributed by atoms with E-state index < -0.39 is 0 Å². The summed E-state index contributed by atoms with van der Waals surface area (Å²) in [7, 11) is 0. The SMILES string of the molecule is NC(=NCC(=O)N1CCCCC1)N1CCN(c2nccs2)CC1. The Hall–Kier alpha value is -1.83. The number of thiazole rings is 1. The Labute approximate surface area is 140 Å². The largest absolute Gasteiger partial charge is 0.370 e. The van der Waals surface area contributed by atoms with Crippen molar-refractivity contribution in [3.8, 4) is 0 Å². The minimum absolute atomic E-state index is 0.0917. The molecule has 0 unspecified atom stereocenters. The van der Waals surface area contributed by atoms with Gasteiger partial charge in [-0.25, -0.2) is 9.98 Å². The van der Waals surface area contributed by atoms with Gasteiger partial charge in [0, 0.05) is 50.8 Å². The molecule has 0 bridgehead atoms. The van der Waals surface area contributed by atoms with E-state index >= 15 is 0 Å². The number of hydrogen-bond acceptors (Lipinski definition) is 5. The van der Waals surface area contributed by atoms with Crippen LogP contribution >= 0.6 is 11.3 Å². The van der Waals surface area contributed by atoms with E-state index in [9.17, 15) is 4.79 Å². The number of aromatic nitrogens is 1. The summed E-state index contributed by atoms with van der Waals surface area (Å²) in [5, 5.41) is 3.05. The summed E-state index contributed by atoms with van der Waals surface area (Å²) in [6.45, 7) is 5.27. The lowest BCUT2D eigenvalue weighted by Gasteiger charge is -2.35. The Bertz CT molecular complexity index is 532. The molecule has 0 aliphatic carbocycles. The number of carbonyl (C=O) groups is 1. The zero-order chi connectivity index (χ0) is 16.1. The van der Waals surface area contributed by atoms with Crippen LogP contribution in [0.5, 0.6) is 0 Å². The van der Waals surface area contributed by atoms with Gasteiger partial charge in [0.25, 0.3) is 0 Å². The number of hydrogen-bond donors (Lipinski definition) is 1. The van der Waals surface area contributed by atoms with E-state index in [1.807, 2.05) is 21.4 Å². The van der Waals surface area contributed by atoms with Crippen molar-refractivity contribution in [1.29, 1.82) is 0 Å². The highest BCUT2D eigenvalue weighted by Gasteiger charge is 2.21. The molecule has 1 aromatic heterocycles. The number of guanidine groups is 1. The maximum absolute atomic E-state index is 12.1. The fraction of sp³-hybridized carbons (Fsp3) is 0.667. The van der Waals surface area contributed by atoms with Crippen molar-refractivity contribution in [3.63, 3.8) is 0 Å². The summed E-state index contributed by atoms with van der Waals surface area (Å²) in [5.41, 5.74) is 6.06. The highest BCUT2D eigenvalue weighted by Crippen LogP contribution is 2.18. The number of carbonyl (C=O) groups excluding carboxylic acids is 1. The van der Waals surface area contributed by atoms with Crippen molar-refractivity contribution in [3.05, 3.63) is 11.6 Å². The fourth-order valence-electron chi connectivity index (χ4n) is 2.99. The van der Waals surface area contributed by atoms with Crippen LogP contribution in [-0.2, 0) is 4.79 Å². The molecule has 3 rings (SSSR count). The first-order valence-corrected chi connectivity index (χ1v) is 9.09. The molecule has 2 aliphatic heterocycles. The van der Waals surface area contributed by atoms with E-state index in [0.29, 0.717) is 5.96 Å². The van der Waals surface area contributed by atoms with Crippen LogP contribution in [0, 0.1) is 0 Å². The zero-order valence-corrected chi connectivity index (χ0v) is 14.2. The highest BCUT2D eigenvalue weighted by molar-refractivity contribution is 7.13. The number of piperidine rings is 1. The normalized spacial score (nSPS) is 20.0. The lowest BCUT2D eigenvalue weighted by atomic mass is 10.1. The van der Waals surface area contributed by atoms with Crippen LogP contribution in [0.15, 0.2) is 16.6 Å². The van der Waals surface area contributed by atoms with Crippen LogP contribution in [0.3, 0.4) is 0 Å². The van der Waals surface area contributed by atoms with Crippen molar-refractivity contribution in [2.75, 3.05) is 50.7 Å². The van der Waals surface area contributed by atoms with Gasteiger partial charge in [-0.3, -0.25) is 4.79 Å². The van der Waals surface area contributed by atoms with Gasteiger partial charge in [0.05, 0.1) is 0 Å². The van der Waals surface area contributed by atoms with E-state index in [2.05, 4.69) is 14.9 Å². The van der Waals surface area contributed by atoms with E-state index in [0.717, 1.165) is 57.2 Å². The molecular weight excluding hydrogens is 312 g/mol. The van der Waals surface area contributed by atoms with E-state index in [1.165, 1.54) is 6.42 Å². The minimum atomic E-state index is 0.0917. The third kappa shape index (κ3) is 4.13. The van der Waals surface area contributed by atoms with Gasteiger partial charge in [-0.05, 0) is 19.3 Å². The van der Waals surface area contributed by atoms with Gasteiger partial charge in [0.2, 0.25) is 5.91 Å². The van der Waals surface area contributed by atoms with Gasteiger partial charge >= 0.3 is 0 Å². The summed E-state index contributed by atoms with van der Waals surface area (Å²) in [6, 6.07) is 0. The van der Waals surface area contributed by atoms with E-state index in [1.54, 1.807) is 11.3 Å². The monoisotopic (exact) mass is 336 g/mol. The number of aliphatic imine (C=N–C) groups is 1. The number of rotatable bonds is 3. The maximum Gasteiger partial charge on any atom is 0.244 e. The molecule has 1 amide bonds. The third-order valence-electron chi connectivity index (χ3n) is 4.38. The molecule has 2 aliphatic rings. The summed E-state index contributed by atoms with van der Waals surface area (Å²) in [6.07, 6.45) is 5.25. The summed E-state index contributed by atoms with van der Waals surface area (Å²) in [5.74, 6) is 0.572. The minimum Gasteiger partial charge on any atom is -0.370 e. The molecule has 126 valence electrons. The molecule has 7 nitrogen and oxygen atoms in total. The van der Waals surface area contributed by atoms with Crippen molar-refractivity contribution in [2.24, 2.45) is 10.7 Å². The average Bonchev–Trinajstić information content (AvgIpc) is 3.15. The van der Waals surface area contributed by atoms with Gasteiger partial charge < -0.3 is 20.4 Å². The molecule has 23 heavy (non-hydrogen) atoms. The number of piperazine rings is 1. The van der Waals surface area contributed by atoms with Crippen LogP contribution in [0.25, 0.3) is 0 Å². The molecule has 0 atom stereocenters. The molecule has 3 heterocycles. The molecule has 2 N–H and O–H groups in total.